The van der Waals surface area contributed by atoms with Crippen molar-refractivity contribution < 1.29 is 18.3 Å². The number of ether oxygens (including phenoxy) is 1. The van der Waals surface area contributed by atoms with E-state index in [1.165, 1.54) is 7.11 Å². The molecule has 0 radical (unpaired) electrons. The quantitative estimate of drug-likeness (QED) is 0.808. The molecule has 1 aromatic carbocycles. The summed E-state index contributed by atoms with van der Waals surface area (Å²) in [5.41, 5.74) is 0.577. The topological polar surface area (TPSA) is 42.4 Å². The Bertz CT molecular complexity index is 713. The molecule has 0 atom stereocenters. The van der Waals surface area contributed by atoms with E-state index < -0.39 is 12.3 Å². The Balaban J connectivity index is 1.98. The highest BCUT2D eigenvalue weighted by Gasteiger charge is 2.27. The molecule has 0 aliphatic carbocycles. The van der Waals surface area contributed by atoms with Crippen LogP contribution >= 0.6 is 0 Å². The van der Waals surface area contributed by atoms with Crippen LogP contribution < -0.4 is 9.64 Å². The van der Waals surface area contributed by atoms with Crippen LogP contribution in [0.4, 0.5) is 14.6 Å². The summed E-state index contributed by atoms with van der Waals surface area (Å²) in [7, 11) is 1.53. The van der Waals surface area contributed by atoms with Crippen molar-refractivity contribution in [2.24, 2.45) is 5.92 Å². The van der Waals surface area contributed by atoms with E-state index in [9.17, 15) is 13.6 Å². The summed E-state index contributed by atoms with van der Waals surface area (Å²) in [6, 6.07) is 7.14. The molecule has 1 fully saturated rings. The molecule has 0 saturated carbocycles. The van der Waals surface area contributed by atoms with Crippen LogP contribution in [-0.2, 0) is 0 Å². The lowest BCUT2D eigenvalue weighted by atomic mass is 9.97. The molecule has 0 bridgehead atoms. The van der Waals surface area contributed by atoms with E-state index in [-0.39, 0.29) is 0 Å². The van der Waals surface area contributed by atoms with Gasteiger partial charge in [-0.1, -0.05) is 6.07 Å². The SMILES string of the molecule is COc1cc2cc(C=O)ccc2c(N2CCC(C(F)F)CC2)n1. The number of benzene rings is 1. The van der Waals surface area contributed by atoms with Crippen LogP contribution in [0, 0.1) is 5.92 Å². The zero-order valence-corrected chi connectivity index (χ0v) is 12.8. The van der Waals surface area contributed by atoms with Gasteiger partial charge in [-0.05, 0) is 30.4 Å². The van der Waals surface area contributed by atoms with Crippen LogP contribution in [0.1, 0.15) is 23.2 Å². The number of piperidine rings is 1. The Morgan fingerprint density at radius 3 is 2.65 bits per heavy atom. The molecule has 0 spiro atoms. The van der Waals surface area contributed by atoms with Crippen molar-refractivity contribution in [3.05, 3.63) is 29.8 Å². The summed E-state index contributed by atoms with van der Waals surface area (Å²) in [5, 5.41) is 1.75. The predicted octanol–water partition coefficient (Wildman–Crippen LogP) is 3.54. The van der Waals surface area contributed by atoms with Gasteiger partial charge in [-0.25, -0.2) is 8.78 Å². The second kappa shape index (κ2) is 6.48. The highest BCUT2D eigenvalue weighted by molar-refractivity contribution is 5.96. The van der Waals surface area contributed by atoms with Crippen molar-refractivity contribution in [1.82, 2.24) is 4.98 Å². The van der Waals surface area contributed by atoms with Gasteiger partial charge in [-0.15, -0.1) is 0 Å². The Morgan fingerprint density at radius 2 is 2.04 bits per heavy atom. The fourth-order valence-corrected chi connectivity index (χ4v) is 3.02. The number of aromatic nitrogens is 1. The number of alkyl halides is 2. The van der Waals surface area contributed by atoms with E-state index in [0.717, 1.165) is 22.9 Å². The normalized spacial score (nSPS) is 16.1. The summed E-state index contributed by atoms with van der Waals surface area (Å²) < 4.78 is 30.9. The molecular weight excluding hydrogens is 302 g/mol. The first-order valence-corrected chi connectivity index (χ1v) is 7.59. The molecule has 2 heterocycles. The Kier molecular flexibility index (Phi) is 4.41. The monoisotopic (exact) mass is 320 g/mol. The van der Waals surface area contributed by atoms with Gasteiger partial charge in [0.15, 0.2) is 0 Å². The summed E-state index contributed by atoms with van der Waals surface area (Å²) >= 11 is 0. The highest BCUT2D eigenvalue weighted by Crippen LogP contribution is 2.33. The van der Waals surface area contributed by atoms with Gasteiger partial charge in [-0.3, -0.25) is 4.79 Å². The first-order chi connectivity index (χ1) is 11.1. The molecular formula is C17H18F2N2O2. The lowest BCUT2D eigenvalue weighted by Gasteiger charge is -2.33. The second-order valence-corrected chi connectivity index (χ2v) is 5.75. The van der Waals surface area contributed by atoms with Gasteiger partial charge >= 0.3 is 0 Å². The summed E-state index contributed by atoms with van der Waals surface area (Å²) in [5.74, 6) is 0.640. The Hall–Kier alpha value is -2.24. The molecule has 3 rings (SSSR count). The number of pyridine rings is 1. The number of fused-ring (bicyclic) bond motifs is 1. The van der Waals surface area contributed by atoms with Crippen molar-refractivity contribution in [3.63, 3.8) is 0 Å². The van der Waals surface area contributed by atoms with E-state index in [1.807, 2.05) is 11.0 Å². The van der Waals surface area contributed by atoms with E-state index in [2.05, 4.69) is 4.98 Å². The standard InChI is InChI=1S/C17H18F2N2O2/c1-23-15-9-13-8-11(10-22)2-3-14(13)17(20-15)21-6-4-12(5-7-21)16(18)19/h2-3,8-10,12,16H,4-7H2,1H3. The van der Waals surface area contributed by atoms with Gasteiger partial charge in [0.25, 0.3) is 0 Å². The molecule has 1 aliphatic rings. The first kappa shape index (κ1) is 15.6. The number of hydrogen-bond acceptors (Lipinski definition) is 4. The van der Waals surface area contributed by atoms with Crippen molar-refractivity contribution in [2.75, 3.05) is 25.1 Å². The van der Waals surface area contributed by atoms with E-state index in [1.54, 1.807) is 18.2 Å². The molecule has 2 aromatic rings. The summed E-state index contributed by atoms with van der Waals surface area (Å²) in [6.07, 6.45) is -0.572. The zero-order valence-electron chi connectivity index (χ0n) is 12.8. The highest BCUT2D eigenvalue weighted by atomic mass is 19.3. The van der Waals surface area contributed by atoms with E-state index in [0.29, 0.717) is 37.4 Å². The first-order valence-electron chi connectivity index (χ1n) is 7.59. The maximum Gasteiger partial charge on any atom is 0.241 e. The molecule has 122 valence electrons. The van der Waals surface area contributed by atoms with Crippen LogP contribution in [0.3, 0.4) is 0 Å². The van der Waals surface area contributed by atoms with E-state index >= 15 is 0 Å². The average molecular weight is 320 g/mol. The number of anilines is 1. The third-order valence-corrected chi connectivity index (χ3v) is 4.35. The summed E-state index contributed by atoms with van der Waals surface area (Å²) in [4.78, 5) is 17.5. The average Bonchev–Trinajstić information content (AvgIpc) is 2.60. The maximum absolute atomic E-state index is 12.8. The third kappa shape index (κ3) is 3.11. The molecule has 0 N–H and O–H groups in total. The molecule has 0 amide bonds. The molecule has 4 nitrogen and oxygen atoms in total. The second-order valence-electron chi connectivity index (χ2n) is 5.75. The summed E-state index contributed by atoms with van der Waals surface area (Å²) in [6.45, 7) is 1.08. The fourth-order valence-electron chi connectivity index (χ4n) is 3.02. The maximum atomic E-state index is 12.8. The number of hydrogen-bond donors (Lipinski definition) is 0. The minimum atomic E-state index is -2.26. The Morgan fingerprint density at radius 1 is 1.30 bits per heavy atom. The number of carbonyl (C=O) groups is 1. The van der Waals surface area contributed by atoms with E-state index in [4.69, 9.17) is 4.74 Å². The van der Waals surface area contributed by atoms with Gasteiger partial charge in [0.05, 0.1) is 7.11 Å². The van der Waals surface area contributed by atoms with Gasteiger partial charge < -0.3 is 9.64 Å². The van der Waals surface area contributed by atoms with Crippen LogP contribution in [-0.4, -0.2) is 37.9 Å². The van der Waals surface area contributed by atoms with Gasteiger partial charge in [0.1, 0.15) is 12.1 Å². The number of rotatable bonds is 4. The number of methoxy groups -OCH3 is 1. The molecule has 0 unspecified atom stereocenters. The molecule has 1 aliphatic heterocycles. The van der Waals surface area contributed by atoms with Crippen LogP contribution in [0.5, 0.6) is 5.88 Å². The minimum Gasteiger partial charge on any atom is -0.481 e. The smallest absolute Gasteiger partial charge is 0.241 e. The van der Waals surface area contributed by atoms with Gasteiger partial charge in [0.2, 0.25) is 12.3 Å². The number of nitrogens with zero attached hydrogens (tertiary/aromatic N) is 2. The number of aldehydes is 1. The van der Waals surface area contributed by atoms with Crippen molar-refractivity contribution in [2.45, 2.75) is 19.3 Å². The third-order valence-electron chi connectivity index (χ3n) is 4.35. The lowest BCUT2D eigenvalue weighted by Crippen LogP contribution is -2.36. The van der Waals surface area contributed by atoms with Crippen molar-refractivity contribution in [3.8, 4) is 5.88 Å². The lowest BCUT2D eigenvalue weighted by molar-refractivity contribution is 0.0635. The van der Waals surface area contributed by atoms with Gasteiger partial charge in [0, 0.05) is 36.0 Å². The van der Waals surface area contributed by atoms with Crippen LogP contribution in [0.15, 0.2) is 24.3 Å². The molecule has 1 saturated heterocycles. The van der Waals surface area contributed by atoms with Crippen molar-refractivity contribution >= 4 is 22.9 Å². The molecule has 6 heteroatoms. The zero-order chi connectivity index (χ0) is 16.4. The molecule has 23 heavy (non-hydrogen) atoms. The fraction of sp³-hybridized carbons (Fsp3) is 0.412. The van der Waals surface area contributed by atoms with Gasteiger partial charge in [-0.2, -0.15) is 4.98 Å². The molecule has 1 aromatic heterocycles. The number of carbonyl (C=O) groups excluding carboxylic acids is 1. The minimum absolute atomic E-state index is 0.449. The van der Waals surface area contributed by atoms with Crippen LogP contribution in [0.2, 0.25) is 0 Å². The predicted molar refractivity (Wildman–Crippen MR) is 84.6 cm³/mol. The number of halogens is 2. The van der Waals surface area contributed by atoms with Crippen LogP contribution in [0.25, 0.3) is 10.8 Å². The largest absolute Gasteiger partial charge is 0.481 e. The Labute approximate surface area is 133 Å². The van der Waals surface area contributed by atoms with Crippen molar-refractivity contribution in [1.29, 1.82) is 0 Å².